The molecule has 1 aromatic carbocycles. The first-order valence-corrected chi connectivity index (χ1v) is 6.69. The van der Waals surface area contributed by atoms with Crippen LogP contribution in [0.5, 0.6) is 0 Å². The maximum absolute atomic E-state index is 10.9. The highest BCUT2D eigenvalue weighted by molar-refractivity contribution is 5.66. The third-order valence-corrected chi connectivity index (χ3v) is 3.55. The zero-order valence-corrected chi connectivity index (χ0v) is 11.3. The van der Waals surface area contributed by atoms with Crippen molar-refractivity contribution in [3.63, 3.8) is 0 Å². The lowest BCUT2D eigenvalue weighted by Crippen LogP contribution is -2.38. The van der Waals surface area contributed by atoms with Crippen molar-refractivity contribution in [2.75, 3.05) is 6.61 Å². The highest BCUT2D eigenvalue weighted by Gasteiger charge is 2.33. The van der Waals surface area contributed by atoms with Gasteiger partial charge in [-0.2, -0.15) is 0 Å². The van der Waals surface area contributed by atoms with E-state index in [4.69, 9.17) is 4.74 Å². The topological polar surface area (TPSA) is 46.5 Å². The number of allylic oxidation sites excluding steroid dienone is 1. The Hall–Kier alpha value is -1.61. The fraction of sp³-hybridized carbons (Fsp3) is 0.438. The Morgan fingerprint density at radius 3 is 2.79 bits per heavy atom. The van der Waals surface area contributed by atoms with Crippen molar-refractivity contribution in [1.29, 1.82) is 0 Å². The van der Waals surface area contributed by atoms with Crippen molar-refractivity contribution >= 4 is 5.97 Å². The molecule has 0 aliphatic heterocycles. The Morgan fingerprint density at radius 1 is 1.37 bits per heavy atom. The van der Waals surface area contributed by atoms with Gasteiger partial charge in [-0.05, 0) is 30.4 Å². The quantitative estimate of drug-likeness (QED) is 0.668. The summed E-state index contributed by atoms with van der Waals surface area (Å²) in [7, 11) is 0. The van der Waals surface area contributed by atoms with Gasteiger partial charge in [0.15, 0.2) is 0 Å². The molecular formula is C16H20O3. The molecular weight excluding hydrogens is 240 g/mol. The summed E-state index contributed by atoms with van der Waals surface area (Å²) in [5, 5.41) is 10.8. The van der Waals surface area contributed by atoms with E-state index in [1.165, 1.54) is 6.92 Å². The van der Waals surface area contributed by atoms with E-state index in [0.29, 0.717) is 6.42 Å². The van der Waals surface area contributed by atoms with Gasteiger partial charge in [-0.3, -0.25) is 4.79 Å². The monoisotopic (exact) mass is 260 g/mol. The van der Waals surface area contributed by atoms with Crippen molar-refractivity contribution in [1.82, 2.24) is 0 Å². The molecule has 0 heterocycles. The first-order valence-electron chi connectivity index (χ1n) is 6.69. The predicted molar refractivity (Wildman–Crippen MR) is 73.7 cm³/mol. The minimum Gasteiger partial charge on any atom is -0.461 e. The van der Waals surface area contributed by atoms with Crippen LogP contribution in [-0.4, -0.2) is 23.3 Å². The van der Waals surface area contributed by atoms with Crippen LogP contribution in [0.4, 0.5) is 0 Å². The van der Waals surface area contributed by atoms with Gasteiger partial charge in [0.25, 0.3) is 0 Å². The average Bonchev–Trinajstić information content (AvgIpc) is 2.38. The summed E-state index contributed by atoms with van der Waals surface area (Å²) in [6.07, 6.45) is 5.20. The lowest BCUT2D eigenvalue weighted by molar-refractivity contribution is -0.140. The molecule has 1 aliphatic rings. The molecule has 1 aromatic rings. The van der Waals surface area contributed by atoms with E-state index in [9.17, 15) is 9.90 Å². The number of hydrogen-bond donors (Lipinski definition) is 1. The van der Waals surface area contributed by atoms with E-state index >= 15 is 0 Å². The normalized spacial score (nSPS) is 22.7. The zero-order valence-electron chi connectivity index (χ0n) is 11.3. The van der Waals surface area contributed by atoms with E-state index in [1.54, 1.807) is 0 Å². The molecule has 3 heteroatoms. The molecule has 0 spiro atoms. The summed E-state index contributed by atoms with van der Waals surface area (Å²) < 4.78 is 5.05. The van der Waals surface area contributed by atoms with Gasteiger partial charge in [0.1, 0.15) is 6.61 Å². The standard InChI is InChI=1S/C16H20O3/c1-13(17)19-12-15-9-5-6-10-16(15,18)11-14-7-3-2-4-8-14/h2-4,7-9,18H,5-6,10-12H2,1H3. The van der Waals surface area contributed by atoms with Gasteiger partial charge in [-0.15, -0.1) is 0 Å². The van der Waals surface area contributed by atoms with E-state index in [2.05, 4.69) is 0 Å². The van der Waals surface area contributed by atoms with E-state index in [-0.39, 0.29) is 12.6 Å². The molecule has 3 nitrogen and oxygen atoms in total. The van der Waals surface area contributed by atoms with Crippen LogP contribution in [0, 0.1) is 0 Å². The zero-order chi connectivity index (χ0) is 13.7. The van der Waals surface area contributed by atoms with Crippen molar-refractivity contribution < 1.29 is 14.6 Å². The Kier molecular flexibility index (Phi) is 4.38. The summed E-state index contributed by atoms with van der Waals surface area (Å²) >= 11 is 0. The van der Waals surface area contributed by atoms with Crippen molar-refractivity contribution in [3.8, 4) is 0 Å². The smallest absolute Gasteiger partial charge is 0.302 e. The number of aliphatic hydroxyl groups is 1. The fourth-order valence-corrected chi connectivity index (χ4v) is 2.53. The van der Waals surface area contributed by atoms with Crippen molar-refractivity contribution in [2.24, 2.45) is 0 Å². The largest absolute Gasteiger partial charge is 0.461 e. The van der Waals surface area contributed by atoms with Crippen LogP contribution < -0.4 is 0 Å². The Morgan fingerprint density at radius 2 is 2.11 bits per heavy atom. The number of ether oxygens (including phenoxy) is 1. The highest BCUT2D eigenvalue weighted by Crippen LogP contribution is 2.32. The molecule has 1 aliphatic carbocycles. The molecule has 0 aromatic heterocycles. The highest BCUT2D eigenvalue weighted by atomic mass is 16.5. The molecule has 0 fully saturated rings. The summed E-state index contributed by atoms with van der Waals surface area (Å²) in [5.74, 6) is -0.312. The predicted octanol–water partition coefficient (Wildman–Crippen LogP) is 2.63. The van der Waals surface area contributed by atoms with Crippen molar-refractivity contribution in [2.45, 2.75) is 38.2 Å². The molecule has 0 amide bonds. The van der Waals surface area contributed by atoms with Gasteiger partial charge >= 0.3 is 5.97 Å². The van der Waals surface area contributed by atoms with Crippen LogP contribution >= 0.6 is 0 Å². The molecule has 1 atom stereocenters. The van der Waals surface area contributed by atoms with E-state index in [1.807, 2.05) is 36.4 Å². The van der Waals surface area contributed by atoms with Crippen LogP contribution in [0.25, 0.3) is 0 Å². The SMILES string of the molecule is CC(=O)OCC1=CCCCC1(O)Cc1ccccc1. The first kappa shape index (κ1) is 13.8. The van der Waals surface area contributed by atoms with E-state index < -0.39 is 5.60 Å². The average molecular weight is 260 g/mol. The molecule has 102 valence electrons. The van der Waals surface area contributed by atoms with Gasteiger partial charge in [-0.25, -0.2) is 0 Å². The second kappa shape index (κ2) is 6.02. The van der Waals surface area contributed by atoms with Crippen LogP contribution in [0.15, 0.2) is 42.0 Å². The Balaban J connectivity index is 2.12. The second-order valence-electron chi connectivity index (χ2n) is 5.10. The number of hydrogen-bond acceptors (Lipinski definition) is 3. The lowest BCUT2D eigenvalue weighted by Gasteiger charge is -2.34. The third kappa shape index (κ3) is 3.67. The summed E-state index contributed by atoms with van der Waals surface area (Å²) in [6, 6.07) is 9.92. The van der Waals surface area contributed by atoms with Gasteiger partial charge in [0.05, 0.1) is 5.60 Å². The second-order valence-corrected chi connectivity index (χ2v) is 5.10. The summed E-state index contributed by atoms with van der Waals surface area (Å²) in [4.78, 5) is 10.9. The molecule has 0 saturated heterocycles. The minimum atomic E-state index is -0.880. The van der Waals surface area contributed by atoms with Gasteiger partial charge in [0, 0.05) is 13.3 Å². The van der Waals surface area contributed by atoms with Gasteiger partial charge < -0.3 is 9.84 Å². The Labute approximate surface area is 113 Å². The third-order valence-electron chi connectivity index (χ3n) is 3.55. The van der Waals surface area contributed by atoms with E-state index in [0.717, 1.165) is 30.4 Å². The maximum atomic E-state index is 10.9. The summed E-state index contributed by atoms with van der Waals surface area (Å²) in [6.45, 7) is 1.58. The number of esters is 1. The molecule has 0 saturated carbocycles. The van der Waals surface area contributed by atoms with Crippen LogP contribution in [0.2, 0.25) is 0 Å². The molecule has 2 rings (SSSR count). The van der Waals surface area contributed by atoms with Crippen LogP contribution in [0.1, 0.15) is 31.7 Å². The van der Waals surface area contributed by atoms with Crippen LogP contribution in [-0.2, 0) is 16.0 Å². The number of carbonyl (C=O) groups is 1. The minimum absolute atomic E-state index is 0.193. The molecule has 0 radical (unpaired) electrons. The number of benzene rings is 1. The van der Waals surface area contributed by atoms with Gasteiger partial charge in [-0.1, -0.05) is 36.4 Å². The molecule has 0 bridgehead atoms. The van der Waals surface area contributed by atoms with Crippen LogP contribution in [0.3, 0.4) is 0 Å². The van der Waals surface area contributed by atoms with Crippen molar-refractivity contribution in [3.05, 3.63) is 47.5 Å². The Bertz CT molecular complexity index is 464. The summed E-state index contributed by atoms with van der Waals surface area (Å²) in [5.41, 5.74) is 1.05. The van der Waals surface area contributed by atoms with Gasteiger partial charge in [0.2, 0.25) is 0 Å². The molecule has 1 N–H and O–H groups in total. The first-order chi connectivity index (χ1) is 9.10. The number of rotatable bonds is 4. The molecule has 1 unspecified atom stereocenters. The lowest BCUT2D eigenvalue weighted by atomic mass is 9.79. The molecule has 19 heavy (non-hydrogen) atoms. The fourth-order valence-electron chi connectivity index (χ4n) is 2.53. The number of carbonyl (C=O) groups excluding carboxylic acids is 1. The maximum Gasteiger partial charge on any atom is 0.302 e.